The molecule has 1 atom stereocenters. The lowest BCUT2D eigenvalue weighted by Gasteiger charge is -2.07. The molecular formula is C8H12ClNO2Si. The summed E-state index contributed by atoms with van der Waals surface area (Å²) in [7, 11) is -1.84. The Morgan fingerprint density at radius 2 is 2.23 bits per heavy atom. The minimum Gasteiger partial charge on any atom is -0.443 e. The van der Waals surface area contributed by atoms with Gasteiger partial charge < -0.3 is 4.74 Å². The molecule has 0 saturated heterocycles. The molecule has 0 radical (unpaired) electrons. The number of ether oxygens (including phenoxy) is 1. The van der Waals surface area contributed by atoms with Gasteiger partial charge in [-0.05, 0) is 6.08 Å². The van der Waals surface area contributed by atoms with Crippen LogP contribution in [0.4, 0.5) is 0 Å². The number of carbonyl (C=O) groups is 1. The summed E-state index contributed by atoms with van der Waals surface area (Å²) in [6, 6.07) is 1.84. The Bertz CT molecular complexity index is 252. The first-order valence-electron chi connectivity index (χ1n) is 3.80. The van der Waals surface area contributed by atoms with Gasteiger partial charge in [0.05, 0.1) is 0 Å². The molecule has 0 fully saturated rings. The monoisotopic (exact) mass is 217 g/mol. The summed E-state index contributed by atoms with van der Waals surface area (Å²) < 4.78 is 4.67. The van der Waals surface area contributed by atoms with Crippen molar-refractivity contribution >= 4 is 24.4 Å². The lowest BCUT2D eigenvalue weighted by atomic mass is 10.4. The molecule has 0 heterocycles. The molecular weight excluding hydrogens is 206 g/mol. The number of hydrogen-bond acceptors (Lipinski definition) is 3. The van der Waals surface area contributed by atoms with Gasteiger partial charge in [-0.1, -0.05) is 18.8 Å². The van der Waals surface area contributed by atoms with Gasteiger partial charge in [0.1, 0.15) is 6.07 Å². The number of nitrogens with zero attached hydrogens (tertiary/aromatic N) is 1. The molecule has 13 heavy (non-hydrogen) atoms. The summed E-state index contributed by atoms with van der Waals surface area (Å²) in [5, 5.41) is 8.57. The van der Waals surface area contributed by atoms with Crippen LogP contribution in [0.15, 0.2) is 11.8 Å². The molecule has 5 heteroatoms. The van der Waals surface area contributed by atoms with Gasteiger partial charge in [-0.15, -0.1) is 0 Å². The Morgan fingerprint density at radius 3 is 2.54 bits per heavy atom. The van der Waals surface area contributed by atoms with E-state index in [1.165, 1.54) is 13.0 Å². The summed E-state index contributed by atoms with van der Waals surface area (Å²) in [6.07, 6.45) is 0.712. The van der Waals surface area contributed by atoms with Crippen LogP contribution in [0, 0.1) is 11.3 Å². The SMILES string of the molecule is CC(=O)OC(C#N)C=C[Si](C)(C)Cl. The van der Waals surface area contributed by atoms with Crippen molar-refractivity contribution in [2.24, 2.45) is 0 Å². The van der Waals surface area contributed by atoms with Gasteiger partial charge in [0.25, 0.3) is 0 Å². The van der Waals surface area contributed by atoms with E-state index in [0.29, 0.717) is 0 Å². The largest absolute Gasteiger partial charge is 0.443 e. The lowest BCUT2D eigenvalue weighted by molar-refractivity contribution is -0.142. The Morgan fingerprint density at radius 1 is 1.69 bits per heavy atom. The Kier molecular flexibility index (Phi) is 4.74. The minimum absolute atomic E-state index is 0.467. The van der Waals surface area contributed by atoms with E-state index in [4.69, 9.17) is 16.3 Å². The number of hydrogen-bond donors (Lipinski definition) is 0. The summed E-state index contributed by atoms with van der Waals surface area (Å²) in [5.74, 6) is -0.467. The summed E-state index contributed by atoms with van der Waals surface area (Å²) in [5.41, 5.74) is 1.76. The van der Waals surface area contributed by atoms with Gasteiger partial charge in [-0.2, -0.15) is 16.3 Å². The molecule has 0 amide bonds. The van der Waals surface area contributed by atoms with Crippen molar-refractivity contribution in [2.45, 2.75) is 26.1 Å². The van der Waals surface area contributed by atoms with E-state index in [2.05, 4.69) is 4.74 Å². The smallest absolute Gasteiger partial charge is 0.304 e. The van der Waals surface area contributed by atoms with Gasteiger partial charge in [0.2, 0.25) is 6.10 Å². The van der Waals surface area contributed by atoms with Crippen molar-refractivity contribution in [3.63, 3.8) is 0 Å². The van der Waals surface area contributed by atoms with Crippen LogP contribution < -0.4 is 0 Å². The van der Waals surface area contributed by atoms with Crippen LogP contribution in [-0.4, -0.2) is 19.5 Å². The fourth-order valence-corrected chi connectivity index (χ4v) is 1.45. The fourth-order valence-electron chi connectivity index (χ4n) is 0.604. The predicted octanol–water partition coefficient (Wildman–Crippen LogP) is 1.98. The van der Waals surface area contributed by atoms with Crippen LogP contribution in [0.25, 0.3) is 0 Å². The highest BCUT2D eigenvalue weighted by Crippen LogP contribution is 2.09. The van der Waals surface area contributed by atoms with E-state index in [-0.39, 0.29) is 0 Å². The number of nitriles is 1. The third kappa shape index (κ3) is 7.56. The quantitative estimate of drug-likeness (QED) is 0.413. The van der Waals surface area contributed by atoms with Gasteiger partial charge in [0, 0.05) is 6.92 Å². The van der Waals surface area contributed by atoms with Crippen LogP contribution in [0.3, 0.4) is 0 Å². The molecule has 0 rings (SSSR count). The maximum atomic E-state index is 10.5. The molecule has 0 aromatic carbocycles. The number of esters is 1. The third-order valence-electron chi connectivity index (χ3n) is 1.09. The maximum Gasteiger partial charge on any atom is 0.304 e. The zero-order valence-electron chi connectivity index (χ0n) is 7.87. The first-order chi connectivity index (χ1) is 5.85. The average molecular weight is 218 g/mol. The number of carbonyl (C=O) groups excluding carboxylic acids is 1. The Hall–Kier alpha value is -0.793. The molecule has 0 aromatic heterocycles. The molecule has 0 saturated carbocycles. The van der Waals surface area contributed by atoms with Crippen molar-refractivity contribution in [1.82, 2.24) is 0 Å². The Balaban J connectivity index is 4.23. The molecule has 0 aliphatic carbocycles. The number of halogens is 1. The van der Waals surface area contributed by atoms with Crippen LogP contribution in [0.1, 0.15) is 6.92 Å². The first kappa shape index (κ1) is 12.2. The van der Waals surface area contributed by atoms with E-state index in [1.54, 1.807) is 5.70 Å². The summed E-state index contributed by atoms with van der Waals surface area (Å²) in [4.78, 5) is 10.5. The van der Waals surface area contributed by atoms with Crippen molar-refractivity contribution in [3.8, 4) is 6.07 Å². The molecule has 0 N–H and O–H groups in total. The standard InChI is InChI=1S/C8H12ClNO2Si/c1-7(11)12-8(6-10)4-5-13(2,3)9/h4-5,8H,1-3H3. The van der Waals surface area contributed by atoms with Crippen molar-refractivity contribution < 1.29 is 9.53 Å². The molecule has 0 aliphatic heterocycles. The molecule has 3 nitrogen and oxygen atoms in total. The van der Waals surface area contributed by atoms with Gasteiger partial charge in [-0.3, -0.25) is 4.79 Å². The summed E-state index contributed by atoms with van der Waals surface area (Å²) >= 11 is 5.97. The predicted molar refractivity (Wildman–Crippen MR) is 53.6 cm³/mol. The normalized spacial score (nSPS) is 13.8. The van der Waals surface area contributed by atoms with E-state index in [9.17, 15) is 4.79 Å². The highest BCUT2D eigenvalue weighted by molar-refractivity contribution is 7.21. The fraction of sp³-hybridized carbons (Fsp3) is 0.500. The van der Waals surface area contributed by atoms with Crippen LogP contribution in [-0.2, 0) is 9.53 Å². The third-order valence-corrected chi connectivity index (χ3v) is 2.45. The number of rotatable bonds is 3. The topological polar surface area (TPSA) is 50.1 Å². The highest BCUT2D eigenvalue weighted by Gasteiger charge is 2.14. The first-order valence-corrected chi connectivity index (χ1v) is 7.89. The van der Waals surface area contributed by atoms with Crippen molar-refractivity contribution in [1.29, 1.82) is 5.26 Å². The second kappa shape index (κ2) is 5.05. The molecule has 0 spiro atoms. The highest BCUT2D eigenvalue weighted by atomic mass is 35.6. The molecule has 72 valence electrons. The zero-order chi connectivity index (χ0) is 10.5. The minimum atomic E-state index is -1.84. The maximum absolute atomic E-state index is 10.5. The van der Waals surface area contributed by atoms with Crippen LogP contribution >= 0.6 is 11.1 Å². The second-order valence-corrected chi connectivity index (χ2v) is 9.47. The average Bonchev–Trinajstić information content (AvgIpc) is 1.95. The second-order valence-electron chi connectivity index (χ2n) is 3.08. The van der Waals surface area contributed by atoms with Gasteiger partial charge >= 0.3 is 5.97 Å². The van der Waals surface area contributed by atoms with Crippen LogP contribution in [0.2, 0.25) is 13.1 Å². The van der Waals surface area contributed by atoms with E-state index in [1.807, 2.05) is 19.2 Å². The van der Waals surface area contributed by atoms with Crippen molar-refractivity contribution in [3.05, 3.63) is 11.8 Å². The van der Waals surface area contributed by atoms with Gasteiger partial charge in [-0.25, -0.2) is 0 Å². The van der Waals surface area contributed by atoms with Gasteiger partial charge in [0.15, 0.2) is 7.38 Å². The molecule has 1 unspecified atom stereocenters. The lowest BCUT2D eigenvalue weighted by Crippen LogP contribution is -2.16. The van der Waals surface area contributed by atoms with E-state index < -0.39 is 19.5 Å². The zero-order valence-corrected chi connectivity index (χ0v) is 9.63. The van der Waals surface area contributed by atoms with E-state index in [0.717, 1.165) is 0 Å². The Labute approximate surface area is 83.7 Å². The van der Waals surface area contributed by atoms with E-state index >= 15 is 0 Å². The molecule has 0 aromatic rings. The molecule has 0 bridgehead atoms. The summed E-state index contributed by atoms with van der Waals surface area (Å²) in [6.45, 7) is 5.09. The van der Waals surface area contributed by atoms with Crippen LogP contribution in [0.5, 0.6) is 0 Å². The molecule has 0 aliphatic rings. The van der Waals surface area contributed by atoms with Crippen molar-refractivity contribution in [2.75, 3.05) is 0 Å².